The highest BCUT2D eigenvalue weighted by Gasteiger charge is 2.45. The van der Waals surface area contributed by atoms with Gasteiger partial charge < -0.3 is 13.9 Å². The number of nitrogens with zero attached hydrogens (tertiary/aromatic N) is 3. The van der Waals surface area contributed by atoms with Crippen LogP contribution in [0.1, 0.15) is 33.3 Å². The zero-order valence-corrected chi connectivity index (χ0v) is 21.8. The molecule has 10 heteroatoms. The van der Waals surface area contributed by atoms with Gasteiger partial charge in [-0.2, -0.15) is 0 Å². The maximum atomic E-state index is 13.7. The molecular weight excluding hydrogens is 558 g/mol. The summed E-state index contributed by atoms with van der Waals surface area (Å²) in [5.41, 5.74) is 3.49. The molecule has 0 saturated heterocycles. The molecule has 0 bridgehead atoms. The van der Waals surface area contributed by atoms with Crippen LogP contribution in [0.2, 0.25) is 0 Å². The van der Waals surface area contributed by atoms with Crippen LogP contribution in [0.4, 0.5) is 5.13 Å². The Labute approximate surface area is 223 Å². The zero-order valence-electron chi connectivity index (χ0n) is 19.4. The number of fused-ring (bicyclic) bond motifs is 2. The number of hydrogen-bond donors (Lipinski definition) is 0. The van der Waals surface area contributed by atoms with Gasteiger partial charge in [-0.15, -0.1) is 10.2 Å². The first-order valence-electron chi connectivity index (χ1n) is 11.3. The molecule has 37 heavy (non-hydrogen) atoms. The molecule has 1 unspecified atom stereocenters. The predicted molar refractivity (Wildman–Crippen MR) is 143 cm³/mol. The second-order valence-corrected chi connectivity index (χ2v) is 10.0. The lowest BCUT2D eigenvalue weighted by Crippen LogP contribution is -2.29. The van der Waals surface area contributed by atoms with E-state index >= 15 is 0 Å². The van der Waals surface area contributed by atoms with Crippen molar-refractivity contribution in [1.29, 1.82) is 0 Å². The predicted octanol–water partition coefficient (Wildman–Crippen LogP) is 5.74. The third-order valence-electron chi connectivity index (χ3n) is 6.13. The van der Waals surface area contributed by atoms with Crippen molar-refractivity contribution >= 4 is 49.3 Å². The first-order chi connectivity index (χ1) is 18.0. The molecule has 0 fully saturated rings. The lowest BCUT2D eigenvalue weighted by molar-refractivity contribution is 0.0970. The lowest BCUT2D eigenvalue weighted by atomic mass is 9.98. The van der Waals surface area contributed by atoms with Crippen LogP contribution in [-0.4, -0.2) is 23.2 Å². The van der Waals surface area contributed by atoms with Crippen LogP contribution in [-0.2, 0) is 6.61 Å². The maximum Gasteiger partial charge on any atom is 0.297 e. The number of halogens is 1. The van der Waals surface area contributed by atoms with Crippen molar-refractivity contribution in [2.75, 3.05) is 12.0 Å². The number of hydrogen-bond acceptors (Lipinski definition) is 8. The summed E-state index contributed by atoms with van der Waals surface area (Å²) >= 11 is 4.62. The van der Waals surface area contributed by atoms with E-state index in [1.165, 1.54) is 21.7 Å². The Morgan fingerprint density at radius 1 is 1.05 bits per heavy atom. The summed E-state index contributed by atoms with van der Waals surface area (Å²) in [6.07, 6.45) is 0. The van der Waals surface area contributed by atoms with Gasteiger partial charge in [0.2, 0.25) is 10.9 Å². The van der Waals surface area contributed by atoms with E-state index in [4.69, 9.17) is 13.9 Å². The van der Waals surface area contributed by atoms with Crippen molar-refractivity contribution in [3.63, 3.8) is 0 Å². The Hall–Kier alpha value is -4.02. The van der Waals surface area contributed by atoms with E-state index in [2.05, 4.69) is 26.1 Å². The Bertz CT molecular complexity index is 1690. The fraction of sp³-hybridized carbons (Fsp3) is 0.111. The second-order valence-electron chi connectivity index (χ2n) is 8.30. The Kier molecular flexibility index (Phi) is 5.97. The maximum absolute atomic E-state index is 13.7. The third-order valence-corrected chi connectivity index (χ3v) is 7.31. The molecule has 3 heterocycles. The molecule has 2 aromatic heterocycles. The summed E-state index contributed by atoms with van der Waals surface area (Å²) in [5, 5.41) is 8.74. The van der Waals surface area contributed by atoms with Gasteiger partial charge in [-0.1, -0.05) is 63.7 Å². The smallest absolute Gasteiger partial charge is 0.297 e. The highest BCUT2D eigenvalue weighted by Crippen LogP contribution is 2.43. The molecule has 5 aromatic rings. The number of benzene rings is 3. The van der Waals surface area contributed by atoms with Crippen molar-refractivity contribution in [3.8, 4) is 11.5 Å². The van der Waals surface area contributed by atoms with Crippen molar-refractivity contribution in [2.45, 2.75) is 12.6 Å². The number of carbonyl (C=O) groups excluding carboxylic acids is 1. The van der Waals surface area contributed by atoms with Gasteiger partial charge in [0.05, 0.1) is 24.1 Å². The third kappa shape index (κ3) is 4.08. The van der Waals surface area contributed by atoms with E-state index in [-0.39, 0.29) is 16.8 Å². The van der Waals surface area contributed by atoms with Gasteiger partial charge in [0.1, 0.15) is 17.7 Å². The summed E-state index contributed by atoms with van der Waals surface area (Å²) < 4.78 is 18.4. The average Bonchev–Trinajstić information content (AvgIpc) is 3.55. The molecule has 3 aromatic carbocycles. The van der Waals surface area contributed by atoms with Crippen LogP contribution >= 0.6 is 27.3 Å². The second kappa shape index (κ2) is 9.45. The molecule has 6 rings (SSSR count). The van der Waals surface area contributed by atoms with E-state index in [1.807, 2.05) is 36.4 Å². The van der Waals surface area contributed by atoms with E-state index in [9.17, 15) is 9.59 Å². The minimum Gasteiger partial charge on any atom is -0.493 e. The van der Waals surface area contributed by atoms with Crippen LogP contribution in [0.3, 0.4) is 0 Å². The summed E-state index contributed by atoms with van der Waals surface area (Å²) in [6, 6.07) is 19.5. The molecule has 184 valence electrons. The number of carbonyl (C=O) groups is 1. The Balaban J connectivity index is 1.48. The minimum absolute atomic E-state index is 0.0107. The van der Waals surface area contributed by atoms with Crippen LogP contribution in [0.15, 0.2) is 85.9 Å². The molecular formula is C27H18BrN3O5S. The quantitative estimate of drug-likeness (QED) is 0.254. The van der Waals surface area contributed by atoms with Gasteiger partial charge in [-0.05, 0) is 41.5 Å². The van der Waals surface area contributed by atoms with Crippen molar-refractivity contribution in [3.05, 3.63) is 109 Å². The van der Waals surface area contributed by atoms with Crippen molar-refractivity contribution < 1.29 is 18.7 Å². The number of amides is 1. The molecule has 0 saturated carbocycles. The van der Waals surface area contributed by atoms with Gasteiger partial charge in [0, 0.05) is 4.47 Å². The summed E-state index contributed by atoms with van der Waals surface area (Å²) in [5.74, 6) is 0.543. The van der Waals surface area contributed by atoms with Crippen molar-refractivity contribution in [1.82, 2.24) is 10.2 Å². The normalized spacial score (nSPS) is 14.7. The molecule has 1 amide bonds. The Morgan fingerprint density at radius 3 is 2.65 bits per heavy atom. The van der Waals surface area contributed by atoms with Crippen LogP contribution in [0.25, 0.3) is 11.0 Å². The van der Waals surface area contributed by atoms with E-state index in [0.717, 1.165) is 10.0 Å². The SMILES string of the molecule is COc1cc(C2c3c(oc4ccc(Br)cc4c3=O)C(=O)N2c2nncs2)ccc1OCc1ccccc1. The highest BCUT2D eigenvalue weighted by molar-refractivity contribution is 9.10. The molecule has 8 nitrogen and oxygen atoms in total. The summed E-state index contributed by atoms with van der Waals surface area (Å²) in [6.45, 7) is 0.364. The fourth-order valence-corrected chi connectivity index (χ4v) is 5.38. The van der Waals surface area contributed by atoms with E-state index < -0.39 is 11.9 Å². The lowest BCUT2D eigenvalue weighted by Gasteiger charge is -2.23. The van der Waals surface area contributed by atoms with Gasteiger partial charge in [-0.25, -0.2) is 0 Å². The van der Waals surface area contributed by atoms with Gasteiger partial charge in [-0.3, -0.25) is 14.5 Å². The Morgan fingerprint density at radius 2 is 1.89 bits per heavy atom. The number of aromatic nitrogens is 2. The van der Waals surface area contributed by atoms with Gasteiger partial charge in [0.15, 0.2) is 16.9 Å². The van der Waals surface area contributed by atoms with E-state index in [1.54, 1.807) is 37.4 Å². The molecule has 0 spiro atoms. The first-order valence-corrected chi connectivity index (χ1v) is 12.9. The largest absolute Gasteiger partial charge is 0.493 e. The molecule has 1 aliphatic heterocycles. The zero-order chi connectivity index (χ0) is 25.5. The standard InChI is InChI=1S/C27H18BrN3O5S/c1-34-21-11-16(7-9-20(21)35-13-15-5-3-2-4-6-15)23-22-24(32)18-12-17(28)8-10-19(18)36-25(22)26(33)31(23)27-30-29-14-37-27/h2-12,14,23H,13H2,1H3. The summed E-state index contributed by atoms with van der Waals surface area (Å²) in [4.78, 5) is 28.8. The van der Waals surface area contributed by atoms with Crippen LogP contribution in [0, 0.1) is 0 Å². The van der Waals surface area contributed by atoms with E-state index in [0.29, 0.717) is 39.8 Å². The average molecular weight is 576 g/mol. The molecule has 1 atom stereocenters. The van der Waals surface area contributed by atoms with Gasteiger partial charge >= 0.3 is 0 Å². The van der Waals surface area contributed by atoms with Crippen LogP contribution < -0.4 is 19.8 Å². The fourth-order valence-electron chi connectivity index (χ4n) is 4.44. The number of methoxy groups -OCH3 is 1. The highest BCUT2D eigenvalue weighted by atomic mass is 79.9. The number of ether oxygens (including phenoxy) is 2. The minimum atomic E-state index is -0.785. The number of rotatable bonds is 6. The van der Waals surface area contributed by atoms with Crippen molar-refractivity contribution in [2.24, 2.45) is 0 Å². The molecule has 0 radical (unpaired) electrons. The number of anilines is 1. The summed E-state index contributed by atoms with van der Waals surface area (Å²) in [7, 11) is 1.55. The topological polar surface area (TPSA) is 94.8 Å². The monoisotopic (exact) mass is 575 g/mol. The molecule has 1 aliphatic rings. The molecule has 0 N–H and O–H groups in total. The van der Waals surface area contributed by atoms with Crippen LogP contribution in [0.5, 0.6) is 11.5 Å². The van der Waals surface area contributed by atoms with Gasteiger partial charge in [0.25, 0.3) is 5.91 Å². The first kappa shape index (κ1) is 23.4. The molecule has 0 aliphatic carbocycles.